The lowest BCUT2D eigenvalue weighted by molar-refractivity contribution is 0.0587. The standard InChI is InChI=1S/C23H36N2O/c1-4-18-9-13-21(14-10-18)25(22-15-16-22)23(26)20-11-7-19(8-12-20)17-24(5-2)6-3/h7-8,11-12,18,21-22H,4-6,9-10,13-17H2,1-3H3. The summed E-state index contributed by atoms with van der Waals surface area (Å²) in [6, 6.07) is 9.35. The van der Waals surface area contributed by atoms with E-state index in [1.54, 1.807) is 0 Å². The van der Waals surface area contributed by atoms with Gasteiger partial charge < -0.3 is 4.90 Å². The summed E-state index contributed by atoms with van der Waals surface area (Å²) >= 11 is 0. The van der Waals surface area contributed by atoms with Gasteiger partial charge in [-0.2, -0.15) is 0 Å². The number of hydrogen-bond donors (Lipinski definition) is 0. The minimum atomic E-state index is 0.266. The molecule has 1 aromatic rings. The molecule has 0 aliphatic heterocycles. The minimum Gasteiger partial charge on any atom is -0.333 e. The first-order valence-electron chi connectivity index (χ1n) is 10.8. The van der Waals surface area contributed by atoms with E-state index in [-0.39, 0.29) is 5.91 Å². The summed E-state index contributed by atoms with van der Waals surface area (Å²) in [5.41, 5.74) is 2.17. The summed E-state index contributed by atoms with van der Waals surface area (Å²) in [6.45, 7) is 9.79. The molecule has 0 spiro atoms. The Labute approximate surface area is 159 Å². The Morgan fingerprint density at radius 2 is 1.42 bits per heavy atom. The van der Waals surface area contributed by atoms with E-state index in [1.807, 2.05) is 12.1 Å². The summed E-state index contributed by atoms with van der Waals surface area (Å²) in [6.07, 6.45) is 8.65. The summed E-state index contributed by atoms with van der Waals surface area (Å²) in [4.78, 5) is 17.9. The van der Waals surface area contributed by atoms with Crippen LogP contribution in [-0.2, 0) is 6.54 Å². The molecule has 2 fully saturated rings. The second-order valence-corrected chi connectivity index (χ2v) is 8.18. The summed E-state index contributed by atoms with van der Waals surface area (Å²) < 4.78 is 0. The molecule has 3 rings (SSSR count). The normalized spacial score (nSPS) is 23.2. The highest BCUT2D eigenvalue weighted by atomic mass is 16.2. The number of amides is 1. The summed E-state index contributed by atoms with van der Waals surface area (Å²) in [5.74, 6) is 1.14. The molecule has 2 aliphatic carbocycles. The van der Waals surface area contributed by atoms with Crippen molar-refractivity contribution < 1.29 is 4.79 Å². The molecule has 0 N–H and O–H groups in total. The molecule has 1 aromatic carbocycles. The fourth-order valence-corrected chi connectivity index (χ4v) is 4.42. The van der Waals surface area contributed by atoms with Gasteiger partial charge in [0.1, 0.15) is 0 Å². The number of carbonyl (C=O) groups excluding carboxylic acids is 1. The van der Waals surface area contributed by atoms with Crippen LogP contribution in [0.5, 0.6) is 0 Å². The van der Waals surface area contributed by atoms with Crippen LogP contribution >= 0.6 is 0 Å². The molecule has 0 unspecified atom stereocenters. The fraction of sp³-hybridized carbons (Fsp3) is 0.696. The molecule has 144 valence electrons. The Balaban J connectivity index is 1.66. The van der Waals surface area contributed by atoms with E-state index in [4.69, 9.17) is 0 Å². The van der Waals surface area contributed by atoms with Gasteiger partial charge in [0.15, 0.2) is 0 Å². The van der Waals surface area contributed by atoms with E-state index < -0.39 is 0 Å². The first-order chi connectivity index (χ1) is 12.7. The largest absolute Gasteiger partial charge is 0.333 e. The molecule has 2 aliphatic rings. The molecule has 0 aromatic heterocycles. The zero-order valence-electron chi connectivity index (χ0n) is 16.9. The van der Waals surface area contributed by atoms with Crippen LogP contribution in [0.3, 0.4) is 0 Å². The number of carbonyl (C=O) groups is 1. The van der Waals surface area contributed by atoms with Crippen LogP contribution < -0.4 is 0 Å². The number of rotatable bonds is 8. The lowest BCUT2D eigenvalue weighted by atomic mass is 9.83. The Morgan fingerprint density at radius 1 is 0.885 bits per heavy atom. The predicted molar refractivity (Wildman–Crippen MR) is 108 cm³/mol. The highest BCUT2D eigenvalue weighted by Crippen LogP contribution is 2.37. The van der Waals surface area contributed by atoms with E-state index in [0.29, 0.717) is 12.1 Å². The monoisotopic (exact) mass is 356 g/mol. The van der Waals surface area contributed by atoms with Gasteiger partial charge in [-0.3, -0.25) is 9.69 Å². The second-order valence-electron chi connectivity index (χ2n) is 8.18. The molecule has 1 amide bonds. The van der Waals surface area contributed by atoms with E-state index in [1.165, 1.54) is 50.5 Å². The van der Waals surface area contributed by atoms with E-state index in [2.05, 4.69) is 42.7 Å². The van der Waals surface area contributed by atoms with Crippen molar-refractivity contribution in [3.8, 4) is 0 Å². The average Bonchev–Trinajstić information content (AvgIpc) is 3.52. The Morgan fingerprint density at radius 3 is 1.88 bits per heavy atom. The molecule has 0 heterocycles. The van der Waals surface area contributed by atoms with E-state index >= 15 is 0 Å². The van der Waals surface area contributed by atoms with Crippen LogP contribution in [0.2, 0.25) is 0 Å². The van der Waals surface area contributed by atoms with Crippen LogP contribution in [0.15, 0.2) is 24.3 Å². The van der Waals surface area contributed by atoms with Crippen LogP contribution in [-0.4, -0.2) is 40.9 Å². The van der Waals surface area contributed by atoms with Gasteiger partial charge in [0.2, 0.25) is 0 Å². The molecule has 2 saturated carbocycles. The SMILES string of the molecule is CCC1CCC(N(C(=O)c2ccc(CN(CC)CC)cc2)C2CC2)CC1. The third kappa shape index (κ3) is 4.68. The van der Waals surface area contributed by atoms with Crippen LogP contribution in [0.4, 0.5) is 0 Å². The lowest BCUT2D eigenvalue weighted by Gasteiger charge is -2.37. The zero-order chi connectivity index (χ0) is 18.5. The first-order valence-corrected chi connectivity index (χ1v) is 10.8. The average molecular weight is 357 g/mol. The van der Waals surface area contributed by atoms with Crippen molar-refractivity contribution in [2.24, 2.45) is 5.92 Å². The van der Waals surface area contributed by atoms with Crippen molar-refractivity contribution in [2.75, 3.05) is 13.1 Å². The zero-order valence-corrected chi connectivity index (χ0v) is 16.9. The van der Waals surface area contributed by atoms with Crippen molar-refractivity contribution in [3.63, 3.8) is 0 Å². The van der Waals surface area contributed by atoms with E-state index in [0.717, 1.165) is 31.1 Å². The van der Waals surface area contributed by atoms with E-state index in [9.17, 15) is 4.79 Å². The minimum absolute atomic E-state index is 0.266. The van der Waals surface area contributed by atoms with Gasteiger partial charge >= 0.3 is 0 Å². The van der Waals surface area contributed by atoms with Crippen LogP contribution in [0, 0.1) is 5.92 Å². The maximum absolute atomic E-state index is 13.2. The summed E-state index contributed by atoms with van der Waals surface area (Å²) in [5, 5.41) is 0. The third-order valence-corrected chi connectivity index (χ3v) is 6.46. The fourth-order valence-electron chi connectivity index (χ4n) is 4.42. The van der Waals surface area contributed by atoms with Crippen molar-refractivity contribution in [3.05, 3.63) is 35.4 Å². The topological polar surface area (TPSA) is 23.6 Å². The highest BCUT2D eigenvalue weighted by Gasteiger charge is 2.38. The van der Waals surface area contributed by atoms with Crippen LogP contribution in [0.1, 0.15) is 81.6 Å². The molecule has 0 atom stereocenters. The molecule has 0 saturated heterocycles. The smallest absolute Gasteiger partial charge is 0.254 e. The quantitative estimate of drug-likeness (QED) is 0.647. The molecule has 0 bridgehead atoms. The van der Waals surface area contributed by atoms with Gasteiger partial charge in [-0.05, 0) is 75.2 Å². The molecule has 0 radical (unpaired) electrons. The predicted octanol–water partition coefficient (Wildman–Crippen LogP) is 5.10. The van der Waals surface area contributed by atoms with Gasteiger partial charge in [0.05, 0.1) is 0 Å². The van der Waals surface area contributed by atoms with Gasteiger partial charge in [-0.1, -0.05) is 39.3 Å². The Hall–Kier alpha value is -1.35. The van der Waals surface area contributed by atoms with Crippen molar-refractivity contribution in [2.45, 2.75) is 84.3 Å². The highest BCUT2D eigenvalue weighted by molar-refractivity contribution is 5.94. The Kier molecular flexibility index (Phi) is 6.74. The number of hydrogen-bond acceptors (Lipinski definition) is 2. The second kappa shape index (κ2) is 9.03. The molecule has 26 heavy (non-hydrogen) atoms. The molecule has 3 heteroatoms. The molecular weight excluding hydrogens is 320 g/mol. The number of nitrogens with zero attached hydrogens (tertiary/aromatic N) is 2. The van der Waals surface area contributed by atoms with Crippen molar-refractivity contribution in [1.29, 1.82) is 0 Å². The number of benzene rings is 1. The van der Waals surface area contributed by atoms with Crippen molar-refractivity contribution >= 4 is 5.91 Å². The maximum Gasteiger partial charge on any atom is 0.254 e. The molecule has 3 nitrogen and oxygen atoms in total. The van der Waals surface area contributed by atoms with Gasteiger partial charge in [-0.25, -0.2) is 0 Å². The van der Waals surface area contributed by atoms with Gasteiger partial charge in [0, 0.05) is 24.2 Å². The Bertz CT molecular complexity index is 566. The van der Waals surface area contributed by atoms with Crippen molar-refractivity contribution in [1.82, 2.24) is 9.80 Å². The molecular formula is C23H36N2O. The lowest BCUT2D eigenvalue weighted by Crippen LogP contribution is -2.43. The summed E-state index contributed by atoms with van der Waals surface area (Å²) in [7, 11) is 0. The van der Waals surface area contributed by atoms with Gasteiger partial charge in [0.25, 0.3) is 5.91 Å². The third-order valence-electron chi connectivity index (χ3n) is 6.46. The first kappa shape index (κ1) is 19.4. The van der Waals surface area contributed by atoms with Gasteiger partial charge in [-0.15, -0.1) is 0 Å². The van der Waals surface area contributed by atoms with Crippen LogP contribution in [0.25, 0.3) is 0 Å². The maximum atomic E-state index is 13.2.